The number of rotatable bonds is 10. The summed E-state index contributed by atoms with van der Waals surface area (Å²) in [6, 6.07) is 32.3. The highest BCUT2D eigenvalue weighted by Crippen LogP contribution is 2.19. The molecular weight excluding hydrogens is 330 g/mol. The predicted octanol–water partition coefficient (Wildman–Crippen LogP) is 5.21. The van der Waals surface area contributed by atoms with Crippen LogP contribution in [-0.4, -0.2) is 19.7 Å². The van der Waals surface area contributed by atoms with Crippen LogP contribution in [0.15, 0.2) is 91.0 Å². The quantitative estimate of drug-likeness (QED) is 0.537. The van der Waals surface area contributed by atoms with Crippen molar-refractivity contribution in [3.63, 3.8) is 0 Å². The van der Waals surface area contributed by atoms with E-state index in [9.17, 15) is 0 Å². The van der Waals surface area contributed by atoms with Crippen molar-refractivity contribution in [2.24, 2.45) is 0 Å². The van der Waals surface area contributed by atoms with Crippen LogP contribution in [-0.2, 0) is 17.6 Å². The van der Waals surface area contributed by atoms with Crippen molar-refractivity contribution in [1.82, 2.24) is 5.32 Å². The largest absolute Gasteiger partial charge is 0.377 e. The lowest BCUT2D eigenvalue weighted by molar-refractivity contribution is 0.0948. The molecule has 0 saturated heterocycles. The van der Waals surface area contributed by atoms with Gasteiger partial charge in [0.1, 0.15) is 0 Å². The van der Waals surface area contributed by atoms with Gasteiger partial charge in [0.25, 0.3) is 0 Å². The van der Waals surface area contributed by atoms with Gasteiger partial charge < -0.3 is 10.1 Å². The zero-order chi connectivity index (χ0) is 18.7. The van der Waals surface area contributed by atoms with Crippen molar-refractivity contribution in [3.8, 4) is 0 Å². The Kier molecular flexibility index (Phi) is 7.64. The van der Waals surface area contributed by atoms with E-state index in [1.165, 1.54) is 16.7 Å². The molecule has 0 aliphatic carbocycles. The fourth-order valence-corrected chi connectivity index (χ4v) is 3.52. The molecule has 0 fully saturated rings. The monoisotopic (exact) mass is 359 g/mol. The summed E-state index contributed by atoms with van der Waals surface area (Å²) >= 11 is 0. The van der Waals surface area contributed by atoms with Gasteiger partial charge in [-0.3, -0.25) is 0 Å². The smallest absolute Gasteiger partial charge is 0.0833 e. The molecule has 3 aromatic rings. The van der Waals surface area contributed by atoms with Gasteiger partial charge >= 0.3 is 0 Å². The minimum Gasteiger partial charge on any atom is -0.377 e. The third kappa shape index (κ3) is 6.35. The van der Waals surface area contributed by atoms with Crippen LogP contribution in [0, 0.1) is 0 Å². The first kappa shape index (κ1) is 19.3. The summed E-state index contributed by atoms with van der Waals surface area (Å²) in [5.74, 6) is 0. The molecule has 0 bridgehead atoms. The van der Waals surface area contributed by atoms with Crippen LogP contribution >= 0.6 is 0 Å². The third-order valence-corrected chi connectivity index (χ3v) is 4.95. The summed E-state index contributed by atoms with van der Waals surface area (Å²) in [6.07, 6.45) is 3.14. The first-order valence-corrected chi connectivity index (χ1v) is 9.74. The molecule has 2 nitrogen and oxygen atoms in total. The van der Waals surface area contributed by atoms with E-state index in [0.29, 0.717) is 6.04 Å². The van der Waals surface area contributed by atoms with Crippen LogP contribution in [0.3, 0.4) is 0 Å². The van der Waals surface area contributed by atoms with E-state index >= 15 is 0 Å². The number of methoxy groups -OCH3 is 1. The van der Waals surface area contributed by atoms with Gasteiger partial charge in [0.15, 0.2) is 0 Å². The second-order valence-corrected chi connectivity index (χ2v) is 6.95. The molecule has 0 aromatic heterocycles. The Morgan fingerprint density at radius 2 is 1.19 bits per heavy atom. The lowest BCUT2D eigenvalue weighted by Gasteiger charge is -2.22. The number of hydrogen-bond donors (Lipinski definition) is 1. The third-order valence-electron chi connectivity index (χ3n) is 4.95. The highest BCUT2D eigenvalue weighted by Gasteiger charge is 2.13. The summed E-state index contributed by atoms with van der Waals surface area (Å²) < 4.78 is 5.71. The van der Waals surface area contributed by atoms with Crippen molar-refractivity contribution in [2.75, 3.05) is 13.7 Å². The Hall–Kier alpha value is -2.42. The van der Waals surface area contributed by atoms with Crippen LogP contribution in [0.1, 0.15) is 29.2 Å². The molecule has 0 heterocycles. The van der Waals surface area contributed by atoms with E-state index in [2.05, 4.69) is 90.2 Å². The maximum Gasteiger partial charge on any atom is 0.0833 e. The lowest BCUT2D eigenvalue weighted by atomic mass is 9.98. The number of nitrogens with one attached hydrogen (secondary N) is 1. The van der Waals surface area contributed by atoms with Crippen LogP contribution in [0.5, 0.6) is 0 Å². The van der Waals surface area contributed by atoms with Gasteiger partial charge in [-0.1, -0.05) is 91.0 Å². The average molecular weight is 360 g/mol. The van der Waals surface area contributed by atoms with Gasteiger partial charge in [0.05, 0.1) is 6.10 Å². The van der Waals surface area contributed by atoms with Crippen LogP contribution < -0.4 is 5.32 Å². The minimum atomic E-state index is 0.132. The normalized spacial score (nSPS) is 12.2. The highest BCUT2D eigenvalue weighted by molar-refractivity contribution is 5.20. The minimum absolute atomic E-state index is 0.132. The summed E-state index contributed by atoms with van der Waals surface area (Å²) in [4.78, 5) is 0. The summed E-state index contributed by atoms with van der Waals surface area (Å²) in [5.41, 5.74) is 3.99. The van der Waals surface area contributed by atoms with Crippen LogP contribution in [0.25, 0.3) is 0 Å². The topological polar surface area (TPSA) is 21.3 Å². The van der Waals surface area contributed by atoms with Crippen LogP contribution in [0.4, 0.5) is 0 Å². The summed E-state index contributed by atoms with van der Waals surface area (Å²) in [7, 11) is 1.79. The molecule has 0 amide bonds. The molecule has 1 N–H and O–H groups in total. The van der Waals surface area contributed by atoms with Crippen molar-refractivity contribution in [3.05, 3.63) is 108 Å². The fourth-order valence-electron chi connectivity index (χ4n) is 3.52. The van der Waals surface area contributed by atoms with Crippen molar-refractivity contribution >= 4 is 0 Å². The van der Waals surface area contributed by atoms with E-state index in [0.717, 1.165) is 25.8 Å². The molecule has 0 radical (unpaired) electrons. The van der Waals surface area contributed by atoms with Gasteiger partial charge in [0, 0.05) is 13.2 Å². The molecule has 27 heavy (non-hydrogen) atoms. The molecule has 1 unspecified atom stereocenters. The zero-order valence-electron chi connectivity index (χ0n) is 16.1. The first-order chi connectivity index (χ1) is 13.3. The van der Waals surface area contributed by atoms with Gasteiger partial charge in [-0.25, -0.2) is 0 Å². The van der Waals surface area contributed by atoms with Crippen molar-refractivity contribution in [2.45, 2.75) is 31.4 Å². The van der Waals surface area contributed by atoms with E-state index in [1.807, 2.05) is 6.07 Å². The molecule has 0 spiro atoms. The SMILES string of the molecule is COC(CCNC(Cc1ccccc1)Cc1ccccc1)c1ccccc1. The Morgan fingerprint density at radius 3 is 1.67 bits per heavy atom. The molecule has 2 heteroatoms. The lowest BCUT2D eigenvalue weighted by Crippen LogP contribution is -2.34. The Labute approximate surface area is 163 Å². The van der Waals surface area contributed by atoms with Gasteiger partial charge in [-0.2, -0.15) is 0 Å². The van der Waals surface area contributed by atoms with E-state index < -0.39 is 0 Å². The first-order valence-electron chi connectivity index (χ1n) is 9.74. The molecule has 0 saturated carbocycles. The van der Waals surface area contributed by atoms with Crippen molar-refractivity contribution < 1.29 is 4.74 Å². The second kappa shape index (κ2) is 10.7. The number of ether oxygens (including phenoxy) is 1. The van der Waals surface area contributed by atoms with Gasteiger partial charge in [0.2, 0.25) is 0 Å². The zero-order valence-corrected chi connectivity index (χ0v) is 16.1. The average Bonchev–Trinajstić information content (AvgIpc) is 2.73. The Morgan fingerprint density at radius 1 is 0.704 bits per heavy atom. The van der Waals surface area contributed by atoms with E-state index in [4.69, 9.17) is 4.74 Å². The predicted molar refractivity (Wildman–Crippen MR) is 113 cm³/mol. The van der Waals surface area contributed by atoms with Gasteiger partial charge in [-0.05, 0) is 42.5 Å². The van der Waals surface area contributed by atoms with Gasteiger partial charge in [-0.15, -0.1) is 0 Å². The molecular formula is C25H29NO. The number of benzene rings is 3. The Bertz CT molecular complexity index is 717. The molecule has 3 rings (SSSR count). The molecule has 0 aliphatic heterocycles. The fraction of sp³-hybridized carbons (Fsp3) is 0.280. The maximum atomic E-state index is 5.71. The Balaban J connectivity index is 1.60. The second-order valence-electron chi connectivity index (χ2n) is 6.95. The number of hydrogen-bond acceptors (Lipinski definition) is 2. The molecule has 0 aliphatic rings. The summed E-state index contributed by atoms with van der Waals surface area (Å²) in [6.45, 7) is 0.928. The highest BCUT2D eigenvalue weighted by atomic mass is 16.5. The molecule has 1 atom stereocenters. The standard InChI is InChI=1S/C25H29NO/c1-27-25(23-15-9-4-10-16-23)17-18-26-24(19-21-11-5-2-6-12-21)20-22-13-7-3-8-14-22/h2-16,24-26H,17-20H2,1H3. The van der Waals surface area contributed by atoms with Crippen molar-refractivity contribution in [1.29, 1.82) is 0 Å². The molecule has 3 aromatic carbocycles. The maximum absolute atomic E-state index is 5.71. The van der Waals surface area contributed by atoms with E-state index in [-0.39, 0.29) is 6.10 Å². The summed E-state index contributed by atoms with van der Waals surface area (Å²) in [5, 5.41) is 3.77. The van der Waals surface area contributed by atoms with Crippen LogP contribution in [0.2, 0.25) is 0 Å². The van der Waals surface area contributed by atoms with E-state index in [1.54, 1.807) is 7.11 Å². The molecule has 140 valence electrons.